The van der Waals surface area contributed by atoms with E-state index >= 15 is 0 Å². The number of amides is 1. The van der Waals surface area contributed by atoms with Crippen LogP contribution in [0.5, 0.6) is 0 Å². The highest BCUT2D eigenvalue weighted by Crippen LogP contribution is 2.20. The number of carboxylic acids is 1. The number of carbonyl (C=O) groups is 2. The van der Waals surface area contributed by atoms with Gasteiger partial charge in [-0.1, -0.05) is 0 Å². The molecule has 16 heavy (non-hydrogen) atoms. The number of aromatic nitrogens is 2. The van der Waals surface area contributed by atoms with E-state index in [0.717, 1.165) is 0 Å². The Morgan fingerprint density at radius 2 is 2.38 bits per heavy atom. The van der Waals surface area contributed by atoms with Crippen molar-refractivity contribution in [2.45, 2.75) is 12.0 Å². The predicted octanol–water partition coefficient (Wildman–Crippen LogP) is -0.962. The summed E-state index contributed by atoms with van der Waals surface area (Å²) in [6, 6.07) is 1.54. The van der Waals surface area contributed by atoms with Crippen molar-refractivity contribution in [2.75, 3.05) is 13.1 Å². The third-order valence-corrected chi connectivity index (χ3v) is 2.75. The second-order valence-corrected chi connectivity index (χ2v) is 3.91. The molecule has 1 aromatic heterocycles. The van der Waals surface area contributed by atoms with E-state index in [-0.39, 0.29) is 18.9 Å². The third kappa shape index (κ3) is 1.65. The summed E-state index contributed by atoms with van der Waals surface area (Å²) >= 11 is 0. The van der Waals surface area contributed by atoms with E-state index in [9.17, 15) is 9.59 Å². The molecular weight excluding hydrogens is 212 g/mol. The standard InChI is InChI=1S/C9H12N4O3/c10-9(8(15)16)2-4-13(5-9)7(14)6-1-3-11-12-6/h1,3H,2,4-5,10H2,(H,11,12)(H,15,16). The molecule has 0 aromatic carbocycles. The van der Waals surface area contributed by atoms with Crippen molar-refractivity contribution in [3.8, 4) is 0 Å². The van der Waals surface area contributed by atoms with Crippen LogP contribution in [0, 0.1) is 0 Å². The molecule has 1 aliphatic rings. The minimum Gasteiger partial charge on any atom is -0.480 e. The zero-order chi connectivity index (χ0) is 11.8. The van der Waals surface area contributed by atoms with Gasteiger partial charge in [0.2, 0.25) is 0 Å². The average Bonchev–Trinajstić information content (AvgIpc) is 2.85. The molecule has 1 amide bonds. The average molecular weight is 224 g/mol. The SMILES string of the molecule is NC1(C(=O)O)CCN(C(=O)c2ccn[nH]2)C1. The highest BCUT2D eigenvalue weighted by atomic mass is 16.4. The number of carbonyl (C=O) groups excluding carboxylic acids is 1. The number of hydrogen-bond acceptors (Lipinski definition) is 4. The number of aliphatic carboxylic acids is 1. The van der Waals surface area contributed by atoms with E-state index in [1.807, 2.05) is 0 Å². The number of hydrogen-bond donors (Lipinski definition) is 3. The van der Waals surface area contributed by atoms with Crippen molar-refractivity contribution in [1.29, 1.82) is 0 Å². The molecule has 2 heterocycles. The molecule has 1 atom stereocenters. The van der Waals surface area contributed by atoms with Gasteiger partial charge in [-0.25, -0.2) is 0 Å². The fraction of sp³-hybridized carbons (Fsp3) is 0.444. The molecule has 0 spiro atoms. The first-order valence-corrected chi connectivity index (χ1v) is 4.84. The lowest BCUT2D eigenvalue weighted by Crippen LogP contribution is -2.50. The summed E-state index contributed by atoms with van der Waals surface area (Å²) in [5.74, 6) is -1.35. The van der Waals surface area contributed by atoms with Crippen LogP contribution >= 0.6 is 0 Å². The first kappa shape index (κ1) is 10.6. The molecule has 2 rings (SSSR count). The smallest absolute Gasteiger partial charge is 0.325 e. The maximum Gasteiger partial charge on any atom is 0.325 e. The molecule has 1 saturated heterocycles. The summed E-state index contributed by atoms with van der Waals surface area (Å²) in [4.78, 5) is 24.1. The topological polar surface area (TPSA) is 112 Å². The molecule has 7 heteroatoms. The minimum absolute atomic E-state index is 0.0280. The van der Waals surface area contributed by atoms with Crippen LogP contribution < -0.4 is 5.73 Å². The molecular formula is C9H12N4O3. The molecule has 0 radical (unpaired) electrons. The lowest BCUT2D eigenvalue weighted by Gasteiger charge is -2.19. The highest BCUT2D eigenvalue weighted by molar-refractivity contribution is 5.93. The minimum atomic E-state index is -1.32. The number of H-pyrrole nitrogens is 1. The van der Waals surface area contributed by atoms with Crippen molar-refractivity contribution in [2.24, 2.45) is 5.73 Å². The number of carboxylic acid groups (broad SMARTS) is 1. The maximum atomic E-state index is 11.8. The number of nitrogens with zero attached hydrogens (tertiary/aromatic N) is 2. The molecule has 1 unspecified atom stereocenters. The Labute approximate surface area is 91.2 Å². The fourth-order valence-electron chi connectivity index (χ4n) is 1.73. The summed E-state index contributed by atoms with van der Waals surface area (Å²) in [5.41, 5.74) is 4.68. The van der Waals surface area contributed by atoms with Gasteiger partial charge in [-0.05, 0) is 12.5 Å². The van der Waals surface area contributed by atoms with E-state index in [0.29, 0.717) is 12.2 Å². The van der Waals surface area contributed by atoms with E-state index in [2.05, 4.69) is 10.2 Å². The van der Waals surface area contributed by atoms with Gasteiger partial charge in [-0.15, -0.1) is 0 Å². The molecule has 0 saturated carbocycles. The number of nitrogens with two attached hydrogens (primary N) is 1. The first-order valence-electron chi connectivity index (χ1n) is 4.84. The summed E-state index contributed by atoms with van der Waals surface area (Å²) in [6.07, 6.45) is 1.73. The predicted molar refractivity (Wildman–Crippen MR) is 53.7 cm³/mol. The number of rotatable bonds is 2. The Morgan fingerprint density at radius 1 is 1.62 bits per heavy atom. The van der Waals surface area contributed by atoms with Crippen LogP contribution in [0.15, 0.2) is 12.3 Å². The van der Waals surface area contributed by atoms with Gasteiger partial charge in [0, 0.05) is 19.3 Å². The molecule has 1 aromatic rings. The van der Waals surface area contributed by atoms with Crippen LogP contribution in [0.25, 0.3) is 0 Å². The Hall–Kier alpha value is -1.89. The van der Waals surface area contributed by atoms with E-state index in [4.69, 9.17) is 10.8 Å². The summed E-state index contributed by atoms with van der Waals surface area (Å²) in [5, 5.41) is 15.1. The fourth-order valence-corrected chi connectivity index (χ4v) is 1.73. The van der Waals surface area contributed by atoms with Gasteiger partial charge < -0.3 is 15.7 Å². The van der Waals surface area contributed by atoms with E-state index in [1.165, 1.54) is 11.1 Å². The second kappa shape index (κ2) is 3.60. The van der Waals surface area contributed by atoms with Crippen molar-refractivity contribution < 1.29 is 14.7 Å². The van der Waals surface area contributed by atoms with Gasteiger partial charge in [0.1, 0.15) is 11.2 Å². The number of likely N-dealkylation sites (tertiary alicyclic amines) is 1. The van der Waals surface area contributed by atoms with E-state index in [1.54, 1.807) is 6.07 Å². The summed E-state index contributed by atoms with van der Waals surface area (Å²) in [7, 11) is 0. The second-order valence-electron chi connectivity index (χ2n) is 3.91. The lowest BCUT2D eigenvalue weighted by atomic mass is 10.0. The van der Waals surface area contributed by atoms with Gasteiger partial charge in [0.15, 0.2) is 0 Å². The molecule has 0 bridgehead atoms. The Kier molecular flexibility index (Phi) is 2.39. The van der Waals surface area contributed by atoms with Crippen LogP contribution in [0.3, 0.4) is 0 Å². The monoisotopic (exact) mass is 224 g/mol. The van der Waals surface area contributed by atoms with Crippen LogP contribution in [0.2, 0.25) is 0 Å². The van der Waals surface area contributed by atoms with Crippen molar-refractivity contribution in [3.05, 3.63) is 18.0 Å². The molecule has 4 N–H and O–H groups in total. The van der Waals surface area contributed by atoms with Crippen molar-refractivity contribution in [3.63, 3.8) is 0 Å². The molecule has 1 fully saturated rings. The quantitative estimate of drug-likeness (QED) is 0.598. The number of nitrogens with one attached hydrogen (secondary N) is 1. The largest absolute Gasteiger partial charge is 0.480 e. The van der Waals surface area contributed by atoms with Crippen LogP contribution in [0.4, 0.5) is 0 Å². The van der Waals surface area contributed by atoms with Gasteiger partial charge in [0.25, 0.3) is 5.91 Å². The van der Waals surface area contributed by atoms with Crippen LogP contribution in [-0.4, -0.2) is 50.7 Å². The normalized spacial score (nSPS) is 24.7. The van der Waals surface area contributed by atoms with Gasteiger partial charge in [-0.3, -0.25) is 14.7 Å². The lowest BCUT2D eigenvalue weighted by molar-refractivity contribution is -0.142. The summed E-state index contributed by atoms with van der Waals surface area (Å²) in [6.45, 7) is 0.376. The molecule has 86 valence electrons. The Morgan fingerprint density at radius 3 is 2.88 bits per heavy atom. The third-order valence-electron chi connectivity index (χ3n) is 2.75. The summed E-state index contributed by atoms with van der Waals surface area (Å²) < 4.78 is 0. The number of aromatic amines is 1. The van der Waals surface area contributed by atoms with Crippen molar-refractivity contribution >= 4 is 11.9 Å². The van der Waals surface area contributed by atoms with Crippen LogP contribution in [-0.2, 0) is 4.79 Å². The van der Waals surface area contributed by atoms with Gasteiger partial charge in [-0.2, -0.15) is 5.10 Å². The highest BCUT2D eigenvalue weighted by Gasteiger charge is 2.43. The van der Waals surface area contributed by atoms with Gasteiger partial charge in [0.05, 0.1) is 0 Å². The van der Waals surface area contributed by atoms with Crippen molar-refractivity contribution in [1.82, 2.24) is 15.1 Å². The molecule has 0 aliphatic carbocycles. The Bertz CT molecular complexity index is 416. The van der Waals surface area contributed by atoms with Gasteiger partial charge >= 0.3 is 5.97 Å². The van der Waals surface area contributed by atoms with E-state index < -0.39 is 11.5 Å². The Balaban J connectivity index is 2.10. The zero-order valence-electron chi connectivity index (χ0n) is 8.51. The van der Waals surface area contributed by atoms with Crippen LogP contribution in [0.1, 0.15) is 16.9 Å². The zero-order valence-corrected chi connectivity index (χ0v) is 8.51. The molecule has 7 nitrogen and oxygen atoms in total. The maximum absolute atomic E-state index is 11.8. The molecule has 1 aliphatic heterocycles. The first-order chi connectivity index (χ1) is 7.53.